The van der Waals surface area contributed by atoms with Gasteiger partial charge in [-0.15, -0.1) is 0 Å². The van der Waals surface area contributed by atoms with Crippen LogP contribution in [0.4, 0.5) is 0 Å². The summed E-state index contributed by atoms with van der Waals surface area (Å²) in [4.78, 5) is 18.6. The highest BCUT2D eigenvalue weighted by Gasteiger charge is 2.26. The van der Waals surface area contributed by atoms with E-state index in [1.54, 1.807) is 0 Å². The summed E-state index contributed by atoms with van der Waals surface area (Å²) in [7, 11) is 0. The Bertz CT molecular complexity index is 435. The lowest BCUT2D eigenvalue weighted by Gasteiger charge is -2.15. The summed E-state index contributed by atoms with van der Waals surface area (Å²) in [6.07, 6.45) is 3.30. The van der Waals surface area contributed by atoms with E-state index >= 15 is 0 Å². The van der Waals surface area contributed by atoms with E-state index in [1.165, 1.54) is 6.07 Å². The van der Waals surface area contributed by atoms with Gasteiger partial charge in [0, 0.05) is 5.92 Å². The van der Waals surface area contributed by atoms with Gasteiger partial charge in [0.25, 0.3) is 5.56 Å². The van der Waals surface area contributed by atoms with Crippen LogP contribution in [0.25, 0.3) is 0 Å². The Labute approximate surface area is 101 Å². The Balaban J connectivity index is 2.07. The van der Waals surface area contributed by atoms with Crippen LogP contribution >= 0.6 is 0 Å². The third-order valence-corrected chi connectivity index (χ3v) is 2.83. The number of nitrogens with zero attached hydrogens (tertiary/aromatic N) is 1. The van der Waals surface area contributed by atoms with Crippen LogP contribution in [0.2, 0.25) is 0 Å². The molecule has 4 heteroatoms. The largest absolute Gasteiger partial charge is 0.474 e. The topological polar surface area (TPSA) is 55.0 Å². The molecule has 0 amide bonds. The van der Waals surface area contributed by atoms with Gasteiger partial charge in [-0.05, 0) is 32.1 Å². The molecule has 1 atom stereocenters. The van der Waals surface area contributed by atoms with E-state index in [9.17, 15) is 4.79 Å². The van der Waals surface area contributed by atoms with Crippen molar-refractivity contribution in [3.63, 3.8) is 0 Å². The van der Waals surface area contributed by atoms with Crippen molar-refractivity contribution in [2.45, 2.75) is 52.1 Å². The number of nitrogens with one attached hydrogen (secondary N) is 1. The quantitative estimate of drug-likeness (QED) is 0.854. The fourth-order valence-corrected chi connectivity index (χ4v) is 1.98. The molecule has 1 aliphatic rings. The molecular formula is C13H20N2O2. The van der Waals surface area contributed by atoms with Crippen molar-refractivity contribution in [2.75, 3.05) is 0 Å². The van der Waals surface area contributed by atoms with Gasteiger partial charge >= 0.3 is 0 Å². The maximum Gasteiger partial charge on any atom is 0.254 e. The summed E-state index contributed by atoms with van der Waals surface area (Å²) in [5.74, 6) is 2.26. The molecule has 4 nitrogen and oxygen atoms in total. The van der Waals surface area contributed by atoms with E-state index in [4.69, 9.17) is 4.74 Å². The van der Waals surface area contributed by atoms with Crippen LogP contribution in [0.3, 0.4) is 0 Å². The minimum atomic E-state index is -0.117. The third-order valence-electron chi connectivity index (χ3n) is 2.83. The first-order chi connectivity index (χ1) is 8.04. The number of rotatable bonds is 5. The number of H-pyrrole nitrogens is 1. The van der Waals surface area contributed by atoms with Crippen molar-refractivity contribution in [1.82, 2.24) is 9.97 Å². The molecule has 1 N–H and O–H groups in total. The first-order valence-corrected chi connectivity index (χ1v) is 6.32. The zero-order valence-corrected chi connectivity index (χ0v) is 10.7. The SMILES string of the molecule is CC(C)CC(C)Oc1cc(=O)[nH]c(C2CC2)n1. The second-order valence-corrected chi connectivity index (χ2v) is 5.30. The molecule has 94 valence electrons. The molecule has 17 heavy (non-hydrogen) atoms. The molecule has 1 aromatic rings. The average Bonchev–Trinajstić information content (AvgIpc) is 2.97. The monoisotopic (exact) mass is 236 g/mol. The van der Waals surface area contributed by atoms with Crippen molar-refractivity contribution in [1.29, 1.82) is 0 Å². The Morgan fingerprint density at radius 2 is 2.18 bits per heavy atom. The van der Waals surface area contributed by atoms with Gasteiger partial charge in [0.15, 0.2) is 0 Å². The summed E-state index contributed by atoms with van der Waals surface area (Å²) in [6, 6.07) is 1.43. The maximum absolute atomic E-state index is 11.5. The highest BCUT2D eigenvalue weighted by Crippen LogP contribution is 2.37. The molecule has 0 aromatic carbocycles. The fraction of sp³-hybridized carbons (Fsp3) is 0.692. The van der Waals surface area contributed by atoms with Crippen molar-refractivity contribution in [2.24, 2.45) is 5.92 Å². The lowest BCUT2D eigenvalue weighted by Crippen LogP contribution is -2.18. The molecular weight excluding hydrogens is 216 g/mol. The predicted octanol–water partition coefficient (Wildman–Crippen LogP) is 2.46. The van der Waals surface area contributed by atoms with Crippen molar-refractivity contribution >= 4 is 0 Å². The highest BCUT2D eigenvalue weighted by molar-refractivity contribution is 5.14. The predicted molar refractivity (Wildman–Crippen MR) is 66.4 cm³/mol. The van der Waals surface area contributed by atoms with E-state index in [1.807, 2.05) is 6.92 Å². The molecule has 1 aliphatic carbocycles. The Morgan fingerprint density at radius 3 is 2.76 bits per heavy atom. The van der Waals surface area contributed by atoms with Crippen LogP contribution < -0.4 is 10.3 Å². The van der Waals surface area contributed by atoms with Crippen LogP contribution in [0.1, 0.15) is 51.8 Å². The summed E-state index contributed by atoms with van der Waals surface area (Å²) in [5, 5.41) is 0. The smallest absolute Gasteiger partial charge is 0.254 e. The van der Waals surface area contributed by atoms with Crippen molar-refractivity contribution in [3.05, 3.63) is 22.2 Å². The van der Waals surface area contributed by atoms with Gasteiger partial charge in [0.05, 0.1) is 12.2 Å². The molecule has 1 fully saturated rings. The van der Waals surface area contributed by atoms with E-state index in [2.05, 4.69) is 23.8 Å². The third kappa shape index (κ3) is 3.58. The summed E-state index contributed by atoms with van der Waals surface area (Å²) < 4.78 is 5.69. The lowest BCUT2D eigenvalue weighted by molar-refractivity contribution is 0.184. The molecule has 0 aliphatic heterocycles. The zero-order chi connectivity index (χ0) is 12.4. The van der Waals surface area contributed by atoms with Gasteiger partial charge in [0.1, 0.15) is 5.82 Å². The van der Waals surface area contributed by atoms with Gasteiger partial charge in [-0.25, -0.2) is 0 Å². The molecule has 2 rings (SSSR count). The normalized spacial score (nSPS) is 17.2. The maximum atomic E-state index is 11.5. The van der Waals surface area contributed by atoms with Crippen LogP contribution in [-0.4, -0.2) is 16.1 Å². The molecule has 1 aromatic heterocycles. The van der Waals surface area contributed by atoms with Gasteiger partial charge in [0.2, 0.25) is 5.88 Å². The first-order valence-electron chi connectivity index (χ1n) is 6.32. The average molecular weight is 236 g/mol. The van der Waals surface area contributed by atoms with Gasteiger partial charge in [-0.3, -0.25) is 4.79 Å². The standard InChI is InChI=1S/C13H20N2O2/c1-8(2)6-9(3)17-12-7-11(16)14-13(15-12)10-4-5-10/h7-10H,4-6H2,1-3H3,(H,14,15,16). The van der Waals surface area contributed by atoms with E-state index in [-0.39, 0.29) is 11.7 Å². The molecule has 1 heterocycles. The molecule has 1 unspecified atom stereocenters. The number of aromatic amines is 1. The van der Waals surface area contributed by atoms with Crippen LogP contribution in [0.5, 0.6) is 5.88 Å². The van der Waals surface area contributed by atoms with E-state index in [0.717, 1.165) is 25.1 Å². The molecule has 1 saturated carbocycles. The summed E-state index contributed by atoms with van der Waals surface area (Å²) in [6.45, 7) is 6.32. The Morgan fingerprint density at radius 1 is 1.47 bits per heavy atom. The van der Waals surface area contributed by atoms with Gasteiger partial charge < -0.3 is 9.72 Å². The molecule has 0 spiro atoms. The summed E-state index contributed by atoms with van der Waals surface area (Å²) in [5.41, 5.74) is -0.117. The lowest BCUT2D eigenvalue weighted by atomic mass is 10.1. The number of hydrogen-bond acceptors (Lipinski definition) is 3. The summed E-state index contributed by atoms with van der Waals surface area (Å²) >= 11 is 0. The van der Waals surface area contributed by atoms with Crippen LogP contribution in [-0.2, 0) is 0 Å². The second kappa shape index (κ2) is 4.90. The Hall–Kier alpha value is -1.32. The van der Waals surface area contributed by atoms with Crippen LogP contribution in [0, 0.1) is 5.92 Å². The first kappa shape index (κ1) is 12.1. The minimum Gasteiger partial charge on any atom is -0.474 e. The fourth-order valence-electron chi connectivity index (χ4n) is 1.98. The van der Waals surface area contributed by atoms with Crippen molar-refractivity contribution in [3.8, 4) is 5.88 Å². The second-order valence-electron chi connectivity index (χ2n) is 5.30. The highest BCUT2D eigenvalue weighted by atomic mass is 16.5. The zero-order valence-electron chi connectivity index (χ0n) is 10.7. The Kier molecular flexibility index (Phi) is 3.50. The molecule has 0 bridgehead atoms. The molecule has 0 saturated heterocycles. The number of aromatic nitrogens is 2. The molecule has 0 radical (unpaired) electrons. The van der Waals surface area contributed by atoms with Gasteiger partial charge in [-0.1, -0.05) is 13.8 Å². The van der Waals surface area contributed by atoms with E-state index < -0.39 is 0 Å². The van der Waals surface area contributed by atoms with Gasteiger partial charge in [-0.2, -0.15) is 4.98 Å². The van der Waals surface area contributed by atoms with Crippen LogP contribution in [0.15, 0.2) is 10.9 Å². The minimum absolute atomic E-state index is 0.0938. The van der Waals surface area contributed by atoms with Crippen molar-refractivity contribution < 1.29 is 4.74 Å². The number of hydrogen-bond donors (Lipinski definition) is 1. The number of ether oxygens (including phenoxy) is 1. The van der Waals surface area contributed by atoms with E-state index in [0.29, 0.717) is 17.7 Å².